The highest BCUT2D eigenvalue weighted by atomic mass is 79.9. The van der Waals surface area contributed by atoms with E-state index in [0.717, 1.165) is 4.95 Å². The summed E-state index contributed by atoms with van der Waals surface area (Å²) in [6, 6.07) is 0. The molecule has 0 rings (SSSR count). The smallest absolute Gasteiger partial charge is 0.317 e. The Morgan fingerprint density at radius 1 is 1.64 bits per heavy atom. The first-order chi connectivity index (χ1) is 5.02. The molecule has 0 aliphatic heterocycles. The van der Waals surface area contributed by atoms with Crippen LogP contribution < -0.4 is 0 Å². The zero-order chi connectivity index (χ0) is 8.91. The molecule has 0 aromatic carbocycles. The van der Waals surface area contributed by atoms with Gasteiger partial charge in [0.25, 0.3) is 8.32 Å². The summed E-state index contributed by atoms with van der Waals surface area (Å²) in [6.07, 6.45) is 3.12. The maximum Gasteiger partial charge on any atom is 0.317 e. The molecule has 0 aliphatic carbocycles. The van der Waals surface area contributed by atoms with Crippen molar-refractivity contribution in [2.45, 2.75) is 20.0 Å². The van der Waals surface area contributed by atoms with Gasteiger partial charge in [-0.15, -0.1) is 0 Å². The van der Waals surface area contributed by atoms with Crippen molar-refractivity contribution in [1.29, 1.82) is 0 Å². The average molecular weight is 237 g/mol. The van der Waals surface area contributed by atoms with Gasteiger partial charge in [0.1, 0.15) is 0 Å². The lowest BCUT2D eigenvalue weighted by atomic mass is 10.5. The van der Waals surface area contributed by atoms with E-state index in [0.29, 0.717) is 0 Å². The molecule has 4 heteroatoms. The summed E-state index contributed by atoms with van der Waals surface area (Å²) in [5.74, 6) is -0.233. The van der Waals surface area contributed by atoms with Gasteiger partial charge in [-0.1, -0.05) is 22.0 Å². The molecule has 0 amide bonds. The second kappa shape index (κ2) is 4.72. The normalized spacial score (nSPS) is 12.0. The average Bonchev–Trinajstić information content (AvgIpc) is 1.87. The van der Waals surface area contributed by atoms with Gasteiger partial charge < -0.3 is 4.43 Å². The fourth-order valence-electron chi connectivity index (χ4n) is 0.470. The molecule has 0 radical (unpaired) electrons. The Morgan fingerprint density at radius 2 is 2.18 bits per heavy atom. The Bertz CT molecular complexity index is 166. The maximum absolute atomic E-state index is 10.9. The largest absolute Gasteiger partial charge is 0.516 e. The van der Waals surface area contributed by atoms with Crippen LogP contribution in [0.1, 0.15) is 6.92 Å². The second-order valence-corrected chi connectivity index (χ2v) is 8.49. The maximum atomic E-state index is 10.9. The molecule has 0 bridgehead atoms. The van der Waals surface area contributed by atoms with Gasteiger partial charge in [0.05, 0.1) is 0 Å². The van der Waals surface area contributed by atoms with Crippen LogP contribution in [0.2, 0.25) is 13.1 Å². The van der Waals surface area contributed by atoms with E-state index in [9.17, 15) is 4.79 Å². The van der Waals surface area contributed by atoms with Crippen molar-refractivity contribution in [2.24, 2.45) is 0 Å². The van der Waals surface area contributed by atoms with Crippen molar-refractivity contribution in [3.8, 4) is 0 Å². The van der Waals surface area contributed by atoms with Crippen LogP contribution in [0, 0.1) is 0 Å². The molecular weight excluding hydrogens is 224 g/mol. The lowest BCUT2D eigenvalue weighted by molar-refractivity contribution is -0.129. The molecule has 0 unspecified atom stereocenters. The highest BCUT2D eigenvalue weighted by molar-refractivity contribution is 9.09. The Balaban J connectivity index is 3.93. The summed E-state index contributed by atoms with van der Waals surface area (Å²) in [5, 5.41) is 0. The zero-order valence-electron chi connectivity index (χ0n) is 7.06. The molecule has 0 aliphatic rings. The van der Waals surface area contributed by atoms with Crippen LogP contribution in [0.3, 0.4) is 0 Å². The van der Waals surface area contributed by atoms with Crippen molar-refractivity contribution in [3.63, 3.8) is 0 Å². The predicted octanol–water partition coefficient (Wildman–Crippen LogP) is 2.24. The quantitative estimate of drug-likeness (QED) is 0.427. The minimum atomic E-state index is -1.76. The molecule has 11 heavy (non-hydrogen) atoms. The van der Waals surface area contributed by atoms with Gasteiger partial charge in [-0.05, 0) is 20.0 Å². The van der Waals surface area contributed by atoms with E-state index in [4.69, 9.17) is 4.43 Å². The van der Waals surface area contributed by atoms with Crippen LogP contribution in [0.5, 0.6) is 0 Å². The Labute approximate surface area is 76.9 Å². The Morgan fingerprint density at radius 3 is 2.55 bits per heavy atom. The van der Waals surface area contributed by atoms with Gasteiger partial charge in [-0.3, -0.25) is 0 Å². The molecule has 0 saturated carbocycles. The van der Waals surface area contributed by atoms with E-state index >= 15 is 0 Å². The Hall–Kier alpha value is -0.0931. The number of hydrogen-bond donors (Lipinski definition) is 0. The first-order valence-corrected chi connectivity index (χ1v) is 7.67. The first-order valence-electron chi connectivity index (χ1n) is 3.43. The molecule has 64 valence electrons. The Kier molecular flexibility index (Phi) is 4.68. The van der Waals surface area contributed by atoms with E-state index in [1.165, 1.54) is 6.08 Å². The molecule has 0 spiro atoms. The van der Waals surface area contributed by atoms with E-state index in [2.05, 4.69) is 15.9 Å². The molecule has 2 nitrogen and oxygen atoms in total. The molecule has 0 aromatic heterocycles. The van der Waals surface area contributed by atoms with Crippen LogP contribution in [-0.4, -0.2) is 19.2 Å². The third-order valence-corrected chi connectivity index (χ3v) is 6.45. The molecule has 0 saturated heterocycles. The van der Waals surface area contributed by atoms with E-state index in [-0.39, 0.29) is 5.97 Å². The molecule has 0 N–H and O–H groups in total. The van der Waals surface area contributed by atoms with Crippen LogP contribution in [0.15, 0.2) is 12.2 Å². The van der Waals surface area contributed by atoms with Crippen molar-refractivity contribution in [2.75, 3.05) is 4.95 Å². The van der Waals surface area contributed by atoms with Crippen molar-refractivity contribution >= 4 is 30.2 Å². The summed E-state index contributed by atoms with van der Waals surface area (Å²) in [5.41, 5.74) is 0. The molecular formula is C7H13BrO2Si. The van der Waals surface area contributed by atoms with E-state index in [1.807, 2.05) is 13.1 Å². The number of halogens is 1. The monoisotopic (exact) mass is 236 g/mol. The summed E-state index contributed by atoms with van der Waals surface area (Å²) in [4.78, 5) is 11.7. The summed E-state index contributed by atoms with van der Waals surface area (Å²) in [7, 11) is -1.76. The van der Waals surface area contributed by atoms with Crippen LogP contribution in [0.25, 0.3) is 0 Å². The lowest BCUT2D eigenvalue weighted by Crippen LogP contribution is -2.35. The lowest BCUT2D eigenvalue weighted by Gasteiger charge is -2.18. The molecule has 0 heterocycles. The predicted molar refractivity (Wildman–Crippen MR) is 52.2 cm³/mol. The van der Waals surface area contributed by atoms with Gasteiger partial charge >= 0.3 is 5.97 Å². The third-order valence-electron chi connectivity index (χ3n) is 1.00. The number of carbonyl (C=O) groups is 1. The van der Waals surface area contributed by atoms with Crippen LogP contribution in [0.4, 0.5) is 0 Å². The number of allylic oxidation sites excluding steroid dienone is 1. The van der Waals surface area contributed by atoms with Crippen LogP contribution in [-0.2, 0) is 9.22 Å². The highest BCUT2D eigenvalue weighted by Crippen LogP contribution is 2.07. The third kappa shape index (κ3) is 5.21. The number of carbonyl (C=O) groups excluding carboxylic acids is 1. The molecule has 0 atom stereocenters. The number of hydrogen-bond acceptors (Lipinski definition) is 2. The summed E-state index contributed by atoms with van der Waals surface area (Å²) < 4.78 is 5.19. The number of alkyl halides is 1. The van der Waals surface area contributed by atoms with Crippen molar-refractivity contribution < 1.29 is 9.22 Å². The number of rotatable bonds is 3. The van der Waals surface area contributed by atoms with Gasteiger partial charge in [0, 0.05) is 11.0 Å². The van der Waals surface area contributed by atoms with Gasteiger partial charge in [0.2, 0.25) is 0 Å². The standard InChI is InChI=1S/C7H13BrO2Si/c1-4-5-7(9)10-11(2,3)6-8/h4-5H,6H2,1-3H3/b5-4+. The second-order valence-electron chi connectivity index (χ2n) is 2.81. The highest BCUT2D eigenvalue weighted by Gasteiger charge is 2.24. The van der Waals surface area contributed by atoms with Gasteiger partial charge in [0.15, 0.2) is 0 Å². The fraction of sp³-hybridized carbons (Fsp3) is 0.571. The summed E-state index contributed by atoms with van der Waals surface area (Å²) >= 11 is 3.31. The van der Waals surface area contributed by atoms with Crippen molar-refractivity contribution in [3.05, 3.63) is 12.2 Å². The SMILES string of the molecule is C/C=C/C(=O)O[Si](C)(C)CBr. The first kappa shape index (κ1) is 10.9. The summed E-state index contributed by atoms with van der Waals surface area (Å²) in [6.45, 7) is 5.77. The minimum absolute atomic E-state index is 0.233. The zero-order valence-corrected chi connectivity index (χ0v) is 9.64. The minimum Gasteiger partial charge on any atom is -0.516 e. The molecule has 0 aromatic rings. The molecule has 0 fully saturated rings. The fourth-order valence-corrected chi connectivity index (χ4v) is 1.48. The van der Waals surface area contributed by atoms with Crippen molar-refractivity contribution in [1.82, 2.24) is 0 Å². The van der Waals surface area contributed by atoms with E-state index in [1.54, 1.807) is 13.0 Å². The topological polar surface area (TPSA) is 26.3 Å². The van der Waals surface area contributed by atoms with Crippen LogP contribution >= 0.6 is 15.9 Å². The van der Waals surface area contributed by atoms with Gasteiger partial charge in [-0.25, -0.2) is 4.79 Å². The van der Waals surface area contributed by atoms with E-state index < -0.39 is 8.32 Å². The van der Waals surface area contributed by atoms with Gasteiger partial charge in [-0.2, -0.15) is 0 Å².